The first-order valence-electron chi connectivity index (χ1n) is 11.1. The van der Waals surface area contributed by atoms with Gasteiger partial charge in [-0.3, -0.25) is 0 Å². The van der Waals surface area contributed by atoms with Gasteiger partial charge >= 0.3 is 0 Å². The lowest BCUT2D eigenvalue weighted by atomic mass is 9.94. The molecule has 1 aromatic heterocycles. The third kappa shape index (κ3) is 4.18. The maximum Gasteiger partial charge on any atom is 0.258 e. The summed E-state index contributed by atoms with van der Waals surface area (Å²) in [7, 11) is 0. The van der Waals surface area contributed by atoms with E-state index < -0.39 is 0 Å². The van der Waals surface area contributed by atoms with E-state index in [0.29, 0.717) is 28.5 Å². The first kappa shape index (κ1) is 21.5. The lowest BCUT2D eigenvalue weighted by molar-refractivity contribution is 0.174. The topological polar surface area (TPSA) is 72.6 Å². The van der Waals surface area contributed by atoms with Gasteiger partial charge in [-0.25, -0.2) is 0 Å². The number of fused-ring (bicyclic) bond motifs is 1. The van der Waals surface area contributed by atoms with E-state index in [2.05, 4.69) is 48.3 Å². The summed E-state index contributed by atoms with van der Waals surface area (Å²) in [4.78, 5) is 6.90. The molecule has 0 radical (unpaired) electrons. The van der Waals surface area contributed by atoms with Crippen LogP contribution in [0.15, 0.2) is 58.8 Å². The molecule has 2 aromatic carbocycles. The number of aromatic nitrogens is 2. The summed E-state index contributed by atoms with van der Waals surface area (Å²) in [5.74, 6) is 2.93. The van der Waals surface area contributed by atoms with E-state index in [1.165, 1.54) is 0 Å². The summed E-state index contributed by atoms with van der Waals surface area (Å²) in [5.41, 5.74) is 3.84. The largest absolute Gasteiger partial charge is 0.454 e. The number of rotatable bonds is 6. The highest BCUT2D eigenvalue weighted by Gasteiger charge is 2.34. The second-order valence-electron chi connectivity index (χ2n) is 8.62. The Bertz CT molecular complexity index is 1210. The zero-order chi connectivity index (χ0) is 22.9. The zero-order valence-corrected chi connectivity index (χ0v) is 19.7. The standard InChI is InChI=1S/C25H26N4O3S/c1-15(2)11-12-29-16(3)21(22(26-25(29)33)17-7-5-4-6-8-17)24-27-23(28-32-24)18-9-10-19-20(13-18)31-14-30-19/h4-10,13,15,22H,11-12,14H2,1-3H3,(H,26,33). The number of allylic oxidation sites excluding steroid dienone is 1. The van der Waals surface area contributed by atoms with Crippen LogP contribution in [-0.2, 0) is 0 Å². The number of thiocarbonyl (C=S) groups is 1. The molecule has 0 bridgehead atoms. The minimum absolute atomic E-state index is 0.181. The predicted molar refractivity (Wildman–Crippen MR) is 130 cm³/mol. The van der Waals surface area contributed by atoms with Crippen LogP contribution in [-0.4, -0.2) is 33.5 Å². The third-order valence-corrected chi connectivity index (χ3v) is 6.28. The SMILES string of the molecule is CC1=C(c2nc(-c3ccc4c(c3)OCO4)no2)C(c2ccccc2)NC(=S)N1CCC(C)C. The Labute approximate surface area is 198 Å². The Hall–Kier alpha value is -3.39. The van der Waals surface area contributed by atoms with Gasteiger partial charge < -0.3 is 24.2 Å². The maximum absolute atomic E-state index is 5.81. The van der Waals surface area contributed by atoms with Crippen LogP contribution in [0.25, 0.3) is 17.0 Å². The highest BCUT2D eigenvalue weighted by molar-refractivity contribution is 7.80. The molecule has 2 aliphatic rings. The van der Waals surface area contributed by atoms with Gasteiger partial charge in [-0.2, -0.15) is 4.98 Å². The molecule has 7 nitrogen and oxygen atoms in total. The molecule has 170 valence electrons. The Morgan fingerprint density at radius 3 is 2.70 bits per heavy atom. The monoisotopic (exact) mass is 462 g/mol. The zero-order valence-electron chi connectivity index (χ0n) is 18.9. The van der Waals surface area contributed by atoms with Gasteiger partial charge in [0, 0.05) is 17.8 Å². The highest BCUT2D eigenvalue weighted by atomic mass is 32.1. The van der Waals surface area contributed by atoms with Crippen molar-refractivity contribution >= 4 is 22.9 Å². The van der Waals surface area contributed by atoms with Crippen LogP contribution >= 0.6 is 12.2 Å². The maximum atomic E-state index is 5.81. The van der Waals surface area contributed by atoms with Crippen LogP contribution in [0.2, 0.25) is 0 Å². The van der Waals surface area contributed by atoms with Crippen molar-refractivity contribution in [3.8, 4) is 22.9 Å². The molecule has 0 aliphatic carbocycles. The second-order valence-corrected chi connectivity index (χ2v) is 9.00. The van der Waals surface area contributed by atoms with Crippen molar-refractivity contribution in [1.29, 1.82) is 0 Å². The lowest BCUT2D eigenvalue weighted by Gasteiger charge is -2.37. The highest BCUT2D eigenvalue weighted by Crippen LogP contribution is 2.39. The molecule has 5 rings (SSSR count). The van der Waals surface area contributed by atoms with Crippen LogP contribution < -0.4 is 14.8 Å². The smallest absolute Gasteiger partial charge is 0.258 e. The Morgan fingerprint density at radius 1 is 1.12 bits per heavy atom. The van der Waals surface area contributed by atoms with Crippen molar-refractivity contribution in [2.45, 2.75) is 33.2 Å². The van der Waals surface area contributed by atoms with Gasteiger partial charge in [0.05, 0.1) is 11.6 Å². The fourth-order valence-corrected chi connectivity index (χ4v) is 4.44. The number of hydrogen-bond donors (Lipinski definition) is 1. The van der Waals surface area contributed by atoms with Crippen molar-refractivity contribution in [2.75, 3.05) is 13.3 Å². The number of nitrogens with one attached hydrogen (secondary N) is 1. The number of benzene rings is 2. The molecule has 8 heteroatoms. The molecular formula is C25H26N4O3S. The van der Waals surface area contributed by atoms with E-state index in [0.717, 1.165) is 41.1 Å². The number of hydrogen-bond acceptors (Lipinski definition) is 6. The van der Waals surface area contributed by atoms with Crippen molar-refractivity contribution in [1.82, 2.24) is 20.4 Å². The molecule has 0 saturated carbocycles. The van der Waals surface area contributed by atoms with Crippen LogP contribution in [0.3, 0.4) is 0 Å². The van der Waals surface area contributed by atoms with Gasteiger partial charge in [-0.15, -0.1) is 0 Å². The minimum Gasteiger partial charge on any atom is -0.454 e. The minimum atomic E-state index is -0.181. The molecule has 1 N–H and O–H groups in total. The normalized spacial score (nSPS) is 17.6. The molecular weight excluding hydrogens is 436 g/mol. The van der Waals surface area contributed by atoms with Crippen LogP contribution in [0.1, 0.15) is 44.7 Å². The molecule has 1 unspecified atom stereocenters. The Balaban J connectivity index is 1.55. The van der Waals surface area contributed by atoms with Gasteiger partial charge in [-0.05, 0) is 55.2 Å². The van der Waals surface area contributed by atoms with Crippen LogP contribution in [0, 0.1) is 5.92 Å². The number of ether oxygens (including phenoxy) is 2. The first-order valence-corrected chi connectivity index (χ1v) is 11.5. The fraction of sp³-hybridized carbons (Fsp3) is 0.320. The summed E-state index contributed by atoms with van der Waals surface area (Å²) in [6.45, 7) is 7.54. The molecule has 1 atom stereocenters. The Morgan fingerprint density at radius 2 is 1.91 bits per heavy atom. The molecule has 0 amide bonds. The average molecular weight is 463 g/mol. The van der Waals surface area contributed by atoms with Crippen molar-refractivity contribution in [2.24, 2.45) is 5.92 Å². The molecule has 0 fully saturated rings. The molecule has 33 heavy (non-hydrogen) atoms. The lowest BCUT2D eigenvalue weighted by Crippen LogP contribution is -2.46. The fourth-order valence-electron chi connectivity index (χ4n) is 4.10. The van der Waals surface area contributed by atoms with E-state index in [1.807, 2.05) is 36.4 Å². The predicted octanol–water partition coefficient (Wildman–Crippen LogP) is 5.17. The molecule has 3 aromatic rings. The average Bonchev–Trinajstić information content (AvgIpc) is 3.48. The quantitative estimate of drug-likeness (QED) is 0.503. The summed E-state index contributed by atoms with van der Waals surface area (Å²) >= 11 is 5.75. The summed E-state index contributed by atoms with van der Waals surface area (Å²) in [6, 6.07) is 15.6. The van der Waals surface area contributed by atoms with Crippen molar-refractivity contribution in [3.63, 3.8) is 0 Å². The van der Waals surface area contributed by atoms with Crippen molar-refractivity contribution in [3.05, 3.63) is 65.7 Å². The van der Waals surface area contributed by atoms with Crippen LogP contribution in [0.5, 0.6) is 11.5 Å². The van der Waals surface area contributed by atoms with E-state index >= 15 is 0 Å². The number of nitrogens with zero attached hydrogens (tertiary/aromatic N) is 3. The summed E-state index contributed by atoms with van der Waals surface area (Å²) in [6.07, 6.45) is 1.02. The van der Waals surface area contributed by atoms with E-state index in [1.54, 1.807) is 0 Å². The van der Waals surface area contributed by atoms with Crippen LogP contribution in [0.4, 0.5) is 0 Å². The Kier molecular flexibility index (Phi) is 5.76. The van der Waals surface area contributed by atoms with E-state index in [-0.39, 0.29) is 12.8 Å². The summed E-state index contributed by atoms with van der Waals surface area (Å²) < 4.78 is 16.7. The summed E-state index contributed by atoms with van der Waals surface area (Å²) in [5, 5.41) is 8.49. The van der Waals surface area contributed by atoms with Gasteiger partial charge in [0.1, 0.15) is 0 Å². The van der Waals surface area contributed by atoms with Gasteiger partial charge in [0.2, 0.25) is 12.6 Å². The van der Waals surface area contributed by atoms with Gasteiger partial charge in [0.15, 0.2) is 16.6 Å². The van der Waals surface area contributed by atoms with Crippen molar-refractivity contribution < 1.29 is 14.0 Å². The first-order chi connectivity index (χ1) is 16.0. The molecule has 0 saturated heterocycles. The van der Waals surface area contributed by atoms with E-state index in [9.17, 15) is 0 Å². The van der Waals surface area contributed by atoms with E-state index in [4.69, 9.17) is 31.2 Å². The van der Waals surface area contributed by atoms with Gasteiger partial charge in [-0.1, -0.05) is 49.3 Å². The molecule has 3 heterocycles. The molecule has 0 spiro atoms. The van der Waals surface area contributed by atoms with Gasteiger partial charge in [0.25, 0.3) is 5.89 Å². The molecule has 2 aliphatic heterocycles. The second kappa shape index (κ2) is 8.86. The third-order valence-electron chi connectivity index (χ3n) is 5.95.